The molecule has 88 valence electrons. The second-order valence-electron chi connectivity index (χ2n) is 3.67. The summed E-state index contributed by atoms with van der Waals surface area (Å²) in [6, 6.07) is -1.43. The molecule has 1 aliphatic rings. The minimum Gasteiger partial charge on any atom is -0.381 e. The van der Waals surface area contributed by atoms with E-state index in [-0.39, 0.29) is 12.5 Å². The van der Waals surface area contributed by atoms with Gasteiger partial charge in [-0.3, -0.25) is 0 Å². The molecule has 0 spiro atoms. The Morgan fingerprint density at radius 2 is 2.00 bits per heavy atom. The second-order valence-corrected chi connectivity index (χ2v) is 3.67. The molecule has 1 N–H and O–H groups in total. The largest absolute Gasteiger partial charge is 0.404 e. The Labute approximate surface area is 87.5 Å². The van der Waals surface area contributed by atoms with Gasteiger partial charge in [-0.25, -0.2) is 0 Å². The highest BCUT2D eigenvalue weighted by Crippen LogP contribution is 2.30. The zero-order chi connectivity index (χ0) is 11.3. The Kier molecular flexibility index (Phi) is 4.60. The third kappa shape index (κ3) is 3.83. The van der Waals surface area contributed by atoms with Crippen LogP contribution in [0.15, 0.2) is 12.7 Å². The van der Waals surface area contributed by atoms with Crippen LogP contribution in [0.5, 0.6) is 0 Å². The van der Waals surface area contributed by atoms with Crippen LogP contribution in [0.4, 0.5) is 13.2 Å². The van der Waals surface area contributed by atoms with Crippen molar-refractivity contribution >= 4 is 0 Å². The fourth-order valence-electron chi connectivity index (χ4n) is 1.81. The Bertz CT molecular complexity index is 199. The van der Waals surface area contributed by atoms with E-state index in [1.807, 2.05) is 0 Å². The summed E-state index contributed by atoms with van der Waals surface area (Å²) in [5.41, 5.74) is 0. The van der Waals surface area contributed by atoms with Crippen LogP contribution in [0, 0.1) is 5.92 Å². The van der Waals surface area contributed by atoms with Gasteiger partial charge in [0.25, 0.3) is 0 Å². The number of nitrogens with one attached hydrogen (secondary N) is 1. The number of hydrogen-bond donors (Lipinski definition) is 1. The molecule has 1 rings (SSSR count). The van der Waals surface area contributed by atoms with Gasteiger partial charge in [0, 0.05) is 19.8 Å². The molecule has 1 atom stereocenters. The molecule has 1 fully saturated rings. The summed E-state index contributed by atoms with van der Waals surface area (Å²) in [6.07, 6.45) is -1.81. The van der Waals surface area contributed by atoms with E-state index >= 15 is 0 Å². The summed E-state index contributed by atoms with van der Waals surface area (Å²) in [5, 5.41) is 2.48. The molecule has 0 saturated carbocycles. The molecule has 0 bridgehead atoms. The lowest BCUT2D eigenvalue weighted by atomic mass is 9.91. The van der Waals surface area contributed by atoms with Gasteiger partial charge < -0.3 is 10.1 Å². The van der Waals surface area contributed by atoms with Crippen LogP contribution in [0.25, 0.3) is 0 Å². The molecular weight excluding hydrogens is 207 g/mol. The molecule has 2 nitrogen and oxygen atoms in total. The summed E-state index contributed by atoms with van der Waals surface area (Å²) in [5.74, 6) is -0.376. The third-order valence-electron chi connectivity index (χ3n) is 2.57. The highest BCUT2D eigenvalue weighted by atomic mass is 19.4. The Morgan fingerprint density at radius 3 is 2.47 bits per heavy atom. The first-order valence-electron chi connectivity index (χ1n) is 5.04. The average Bonchev–Trinajstić information content (AvgIpc) is 2.18. The summed E-state index contributed by atoms with van der Waals surface area (Å²) >= 11 is 0. The van der Waals surface area contributed by atoms with Crippen molar-refractivity contribution in [1.29, 1.82) is 0 Å². The molecule has 1 heterocycles. The average molecular weight is 223 g/mol. The smallest absolute Gasteiger partial charge is 0.381 e. The van der Waals surface area contributed by atoms with Crippen LogP contribution in [-0.2, 0) is 4.74 Å². The maximum absolute atomic E-state index is 12.7. The molecule has 0 amide bonds. The SMILES string of the molecule is C=CCNC(C1CCOCC1)C(F)(F)F. The lowest BCUT2D eigenvalue weighted by Crippen LogP contribution is -2.49. The summed E-state index contributed by atoms with van der Waals surface area (Å²) in [7, 11) is 0. The molecule has 1 saturated heterocycles. The van der Waals surface area contributed by atoms with Gasteiger partial charge in [0.1, 0.15) is 6.04 Å². The molecule has 1 unspecified atom stereocenters. The number of ether oxygens (including phenoxy) is 1. The number of alkyl halides is 3. The van der Waals surface area contributed by atoms with E-state index in [9.17, 15) is 13.2 Å². The van der Waals surface area contributed by atoms with Crippen LogP contribution in [0.1, 0.15) is 12.8 Å². The molecule has 15 heavy (non-hydrogen) atoms. The van der Waals surface area contributed by atoms with Crippen LogP contribution >= 0.6 is 0 Å². The molecule has 5 heteroatoms. The van der Waals surface area contributed by atoms with E-state index in [1.165, 1.54) is 6.08 Å². The quantitative estimate of drug-likeness (QED) is 0.737. The van der Waals surface area contributed by atoms with Crippen molar-refractivity contribution in [3.05, 3.63) is 12.7 Å². The van der Waals surface area contributed by atoms with E-state index < -0.39 is 12.2 Å². The van der Waals surface area contributed by atoms with Crippen LogP contribution in [0.3, 0.4) is 0 Å². The van der Waals surface area contributed by atoms with Crippen molar-refractivity contribution < 1.29 is 17.9 Å². The normalized spacial score (nSPS) is 21.3. The molecule has 0 aliphatic carbocycles. The second kappa shape index (κ2) is 5.51. The van der Waals surface area contributed by atoms with Gasteiger partial charge >= 0.3 is 6.18 Å². The minimum atomic E-state index is -4.19. The summed E-state index contributed by atoms with van der Waals surface area (Å²) < 4.78 is 43.1. The van der Waals surface area contributed by atoms with Crippen molar-refractivity contribution in [2.75, 3.05) is 19.8 Å². The Morgan fingerprint density at radius 1 is 1.40 bits per heavy atom. The van der Waals surface area contributed by atoms with E-state index in [0.717, 1.165) is 0 Å². The van der Waals surface area contributed by atoms with E-state index in [1.54, 1.807) is 0 Å². The molecule has 0 radical (unpaired) electrons. The van der Waals surface area contributed by atoms with Crippen LogP contribution in [0.2, 0.25) is 0 Å². The molecule has 0 aromatic rings. The number of rotatable bonds is 4. The van der Waals surface area contributed by atoms with E-state index in [4.69, 9.17) is 4.74 Å². The van der Waals surface area contributed by atoms with Gasteiger partial charge in [-0.1, -0.05) is 6.08 Å². The van der Waals surface area contributed by atoms with E-state index in [0.29, 0.717) is 26.1 Å². The molecular formula is C10H16F3NO. The van der Waals surface area contributed by atoms with Crippen molar-refractivity contribution in [3.63, 3.8) is 0 Å². The zero-order valence-electron chi connectivity index (χ0n) is 8.52. The topological polar surface area (TPSA) is 21.3 Å². The van der Waals surface area contributed by atoms with Crippen molar-refractivity contribution in [3.8, 4) is 0 Å². The monoisotopic (exact) mass is 223 g/mol. The first-order chi connectivity index (χ1) is 7.05. The maximum Gasteiger partial charge on any atom is 0.404 e. The lowest BCUT2D eigenvalue weighted by molar-refractivity contribution is -0.173. The first kappa shape index (κ1) is 12.5. The van der Waals surface area contributed by atoms with Crippen molar-refractivity contribution in [2.24, 2.45) is 5.92 Å². The van der Waals surface area contributed by atoms with Crippen LogP contribution in [-0.4, -0.2) is 32.0 Å². The fourth-order valence-corrected chi connectivity index (χ4v) is 1.81. The van der Waals surface area contributed by atoms with Crippen molar-refractivity contribution in [1.82, 2.24) is 5.32 Å². The Balaban J connectivity index is 2.57. The number of hydrogen-bond acceptors (Lipinski definition) is 2. The van der Waals surface area contributed by atoms with Gasteiger partial charge in [-0.2, -0.15) is 13.2 Å². The van der Waals surface area contributed by atoms with Gasteiger partial charge in [0.15, 0.2) is 0 Å². The standard InChI is InChI=1S/C10H16F3NO/c1-2-5-14-9(10(11,12)13)8-3-6-15-7-4-8/h2,8-9,14H,1,3-7H2. The third-order valence-corrected chi connectivity index (χ3v) is 2.57. The predicted octanol–water partition coefficient (Wildman–Crippen LogP) is 2.12. The minimum absolute atomic E-state index is 0.182. The first-order valence-corrected chi connectivity index (χ1v) is 5.04. The maximum atomic E-state index is 12.7. The van der Waals surface area contributed by atoms with E-state index in [2.05, 4.69) is 11.9 Å². The van der Waals surface area contributed by atoms with Gasteiger partial charge in [0.05, 0.1) is 0 Å². The highest BCUT2D eigenvalue weighted by molar-refractivity contribution is 4.86. The molecule has 0 aromatic carbocycles. The van der Waals surface area contributed by atoms with Crippen LogP contribution < -0.4 is 5.32 Å². The zero-order valence-corrected chi connectivity index (χ0v) is 8.52. The fraction of sp³-hybridized carbons (Fsp3) is 0.800. The predicted molar refractivity (Wildman–Crippen MR) is 51.6 cm³/mol. The van der Waals surface area contributed by atoms with Gasteiger partial charge in [0.2, 0.25) is 0 Å². The van der Waals surface area contributed by atoms with Crippen molar-refractivity contribution in [2.45, 2.75) is 25.1 Å². The Hall–Kier alpha value is -0.550. The molecule has 0 aromatic heterocycles. The lowest BCUT2D eigenvalue weighted by Gasteiger charge is -2.32. The van der Waals surface area contributed by atoms with Gasteiger partial charge in [-0.05, 0) is 18.8 Å². The molecule has 1 aliphatic heterocycles. The highest BCUT2D eigenvalue weighted by Gasteiger charge is 2.44. The summed E-state index contributed by atoms with van der Waals surface area (Å²) in [4.78, 5) is 0. The summed E-state index contributed by atoms with van der Waals surface area (Å²) in [6.45, 7) is 4.43. The number of halogens is 3. The van der Waals surface area contributed by atoms with Gasteiger partial charge in [-0.15, -0.1) is 6.58 Å².